The van der Waals surface area contributed by atoms with Crippen LogP contribution in [0.3, 0.4) is 0 Å². The number of ether oxygens (including phenoxy) is 2. The number of benzene rings is 1. The molecule has 0 aliphatic carbocycles. The highest BCUT2D eigenvalue weighted by Crippen LogP contribution is 2.31. The predicted octanol–water partition coefficient (Wildman–Crippen LogP) is 3.69. The van der Waals surface area contributed by atoms with E-state index in [1.165, 1.54) is 31.5 Å². The average molecular weight is 291 g/mol. The summed E-state index contributed by atoms with van der Waals surface area (Å²) in [4.78, 5) is 2.59. The van der Waals surface area contributed by atoms with E-state index in [0.29, 0.717) is 24.7 Å². The number of hydrogen-bond donors (Lipinski definition) is 0. The molecule has 1 fully saturated rings. The van der Waals surface area contributed by atoms with Gasteiger partial charge in [0, 0.05) is 12.6 Å². The maximum atomic E-state index is 5.62. The lowest BCUT2D eigenvalue weighted by atomic mass is 9.87. The van der Waals surface area contributed by atoms with Crippen LogP contribution >= 0.6 is 0 Å². The van der Waals surface area contributed by atoms with Crippen LogP contribution in [0.4, 0.5) is 0 Å². The molecule has 1 heterocycles. The Kier molecular flexibility index (Phi) is 5.65. The van der Waals surface area contributed by atoms with Crippen LogP contribution in [0.15, 0.2) is 24.3 Å². The third kappa shape index (κ3) is 4.72. The minimum Gasteiger partial charge on any atom is -0.491 e. The molecule has 0 spiro atoms. The van der Waals surface area contributed by atoms with E-state index in [2.05, 4.69) is 49.9 Å². The zero-order valence-corrected chi connectivity index (χ0v) is 13.9. The van der Waals surface area contributed by atoms with Crippen molar-refractivity contribution in [2.75, 3.05) is 33.4 Å². The molecule has 0 saturated carbocycles. The Hall–Kier alpha value is -1.06. The van der Waals surface area contributed by atoms with E-state index in [-0.39, 0.29) is 0 Å². The van der Waals surface area contributed by atoms with E-state index in [4.69, 9.17) is 9.47 Å². The second-order valence-corrected chi connectivity index (χ2v) is 6.84. The highest BCUT2D eigenvalue weighted by molar-refractivity contribution is 5.29. The van der Waals surface area contributed by atoms with Crippen molar-refractivity contribution in [2.24, 2.45) is 0 Å². The van der Waals surface area contributed by atoms with Crippen LogP contribution in [0.1, 0.15) is 45.1 Å². The minimum atomic E-state index is 0.296. The summed E-state index contributed by atoms with van der Waals surface area (Å²) >= 11 is 0. The molecule has 1 aromatic rings. The van der Waals surface area contributed by atoms with Crippen molar-refractivity contribution < 1.29 is 9.47 Å². The lowest BCUT2D eigenvalue weighted by Gasteiger charge is -2.41. The summed E-state index contributed by atoms with van der Waals surface area (Å²) in [6.07, 6.45) is 2.50. The normalized spacial score (nSPS) is 17.9. The molecule has 1 saturated heterocycles. The van der Waals surface area contributed by atoms with E-state index < -0.39 is 0 Å². The van der Waals surface area contributed by atoms with Gasteiger partial charge in [-0.2, -0.15) is 0 Å². The van der Waals surface area contributed by atoms with Gasteiger partial charge in [0.05, 0.1) is 6.61 Å². The molecular formula is C18H29NO2. The first-order valence-electron chi connectivity index (χ1n) is 7.97. The summed E-state index contributed by atoms with van der Waals surface area (Å²) in [6.45, 7) is 10.5. The highest BCUT2D eigenvalue weighted by atomic mass is 16.5. The topological polar surface area (TPSA) is 21.7 Å². The maximum absolute atomic E-state index is 5.62. The van der Waals surface area contributed by atoms with E-state index in [1.807, 2.05) is 0 Å². The molecule has 0 amide bonds. The van der Waals surface area contributed by atoms with Crippen molar-refractivity contribution in [1.29, 1.82) is 0 Å². The van der Waals surface area contributed by atoms with Crippen LogP contribution in [0.5, 0.6) is 5.75 Å². The second-order valence-electron chi connectivity index (χ2n) is 6.84. The maximum Gasteiger partial charge on any atom is 0.119 e. The molecule has 1 aromatic carbocycles. The molecule has 1 aliphatic rings. The molecular weight excluding hydrogens is 262 g/mol. The largest absolute Gasteiger partial charge is 0.491 e. The van der Waals surface area contributed by atoms with Crippen molar-refractivity contribution in [3.05, 3.63) is 29.8 Å². The quantitative estimate of drug-likeness (QED) is 0.772. The molecule has 21 heavy (non-hydrogen) atoms. The van der Waals surface area contributed by atoms with Gasteiger partial charge in [0.15, 0.2) is 0 Å². The van der Waals surface area contributed by atoms with Crippen LogP contribution in [0.2, 0.25) is 0 Å². The Morgan fingerprint density at radius 3 is 2.19 bits per heavy atom. The smallest absolute Gasteiger partial charge is 0.119 e. The summed E-state index contributed by atoms with van der Waals surface area (Å²) < 4.78 is 10.6. The second kappa shape index (κ2) is 7.28. The molecule has 0 aromatic heterocycles. The SMILES string of the molecule is COCCOc1ccc(C2CCN(C(C)(C)C)CC2)cc1. The van der Waals surface area contributed by atoms with Crippen LogP contribution < -0.4 is 4.74 Å². The Balaban J connectivity index is 1.86. The van der Waals surface area contributed by atoms with Gasteiger partial charge in [-0.15, -0.1) is 0 Å². The van der Waals surface area contributed by atoms with Crippen LogP contribution in [-0.2, 0) is 4.74 Å². The lowest BCUT2D eigenvalue weighted by molar-refractivity contribution is 0.102. The van der Waals surface area contributed by atoms with Crippen LogP contribution in [0.25, 0.3) is 0 Å². The zero-order chi connectivity index (χ0) is 15.3. The van der Waals surface area contributed by atoms with Gasteiger partial charge in [-0.1, -0.05) is 12.1 Å². The number of methoxy groups -OCH3 is 1. The minimum absolute atomic E-state index is 0.296. The molecule has 3 nitrogen and oxygen atoms in total. The number of piperidine rings is 1. The fourth-order valence-corrected chi connectivity index (χ4v) is 2.96. The summed E-state index contributed by atoms with van der Waals surface area (Å²) in [5, 5.41) is 0. The third-order valence-corrected chi connectivity index (χ3v) is 4.35. The highest BCUT2D eigenvalue weighted by Gasteiger charge is 2.27. The summed E-state index contributed by atoms with van der Waals surface area (Å²) in [5.41, 5.74) is 1.74. The summed E-state index contributed by atoms with van der Waals surface area (Å²) in [6, 6.07) is 8.61. The van der Waals surface area contributed by atoms with Crippen molar-refractivity contribution in [3.8, 4) is 5.75 Å². The van der Waals surface area contributed by atoms with E-state index in [0.717, 1.165) is 5.75 Å². The molecule has 3 heteroatoms. The van der Waals surface area contributed by atoms with Crippen molar-refractivity contribution >= 4 is 0 Å². The van der Waals surface area contributed by atoms with Crippen LogP contribution in [-0.4, -0.2) is 43.9 Å². The first-order chi connectivity index (χ1) is 10.0. The Labute approximate surface area is 129 Å². The average Bonchev–Trinajstić information content (AvgIpc) is 2.48. The number of likely N-dealkylation sites (tertiary alicyclic amines) is 1. The predicted molar refractivity (Wildman–Crippen MR) is 87.1 cm³/mol. The van der Waals surface area contributed by atoms with E-state index in [9.17, 15) is 0 Å². The fourth-order valence-electron chi connectivity index (χ4n) is 2.96. The van der Waals surface area contributed by atoms with Gasteiger partial charge in [-0.05, 0) is 70.3 Å². The van der Waals surface area contributed by atoms with Gasteiger partial charge >= 0.3 is 0 Å². The summed E-state index contributed by atoms with van der Waals surface area (Å²) in [5.74, 6) is 1.62. The van der Waals surface area contributed by atoms with Gasteiger partial charge in [-0.25, -0.2) is 0 Å². The number of nitrogens with zero attached hydrogens (tertiary/aromatic N) is 1. The lowest BCUT2D eigenvalue weighted by Crippen LogP contribution is -2.45. The first-order valence-corrected chi connectivity index (χ1v) is 7.97. The van der Waals surface area contributed by atoms with Gasteiger partial charge in [-0.3, -0.25) is 4.90 Å². The van der Waals surface area contributed by atoms with Gasteiger partial charge in [0.2, 0.25) is 0 Å². The monoisotopic (exact) mass is 291 g/mol. The molecule has 0 bridgehead atoms. The standard InChI is InChI=1S/C18H29NO2/c1-18(2,3)19-11-9-16(10-12-19)15-5-7-17(8-6-15)21-14-13-20-4/h5-8,16H,9-14H2,1-4H3. The Morgan fingerprint density at radius 2 is 1.67 bits per heavy atom. The van der Waals surface area contributed by atoms with E-state index >= 15 is 0 Å². The Bertz CT molecular complexity index is 414. The van der Waals surface area contributed by atoms with Gasteiger partial charge in [0.1, 0.15) is 12.4 Å². The fraction of sp³-hybridized carbons (Fsp3) is 0.667. The molecule has 2 rings (SSSR count). The number of rotatable bonds is 5. The van der Waals surface area contributed by atoms with Crippen LogP contribution in [0, 0.1) is 0 Å². The van der Waals surface area contributed by atoms with Crippen molar-refractivity contribution in [1.82, 2.24) is 4.90 Å². The molecule has 0 N–H and O–H groups in total. The first kappa shape index (κ1) is 16.3. The van der Waals surface area contributed by atoms with Crippen molar-refractivity contribution in [2.45, 2.75) is 45.1 Å². The third-order valence-electron chi connectivity index (χ3n) is 4.35. The van der Waals surface area contributed by atoms with Gasteiger partial charge < -0.3 is 9.47 Å². The number of hydrogen-bond acceptors (Lipinski definition) is 3. The molecule has 0 radical (unpaired) electrons. The summed E-state index contributed by atoms with van der Waals surface area (Å²) in [7, 11) is 1.69. The molecule has 118 valence electrons. The van der Waals surface area contributed by atoms with Gasteiger partial charge in [0.25, 0.3) is 0 Å². The zero-order valence-electron chi connectivity index (χ0n) is 13.9. The molecule has 0 unspecified atom stereocenters. The molecule has 0 atom stereocenters. The van der Waals surface area contributed by atoms with Crippen molar-refractivity contribution in [3.63, 3.8) is 0 Å². The van der Waals surface area contributed by atoms with E-state index in [1.54, 1.807) is 7.11 Å². The molecule has 1 aliphatic heterocycles. The Morgan fingerprint density at radius 1 is 1.05 bits per heavy atom.